The molecular formula is C16H11FN4. The van der Waals surface area contributed by atoms with Crippen molar-refractivity contribution in [3.05, 3.63) is 66.1 Å². The number of aromatic nitrogens is 4. The Kier molecular flexibility index (Phi) is 2.64. The molecule has 0 unspecified atom stereocenters. The molecule has 4 aromatic rings. The molecule has 0 bridgehead atoms. The number of benzene rings is 2. The zero-order valence-electron chi connectivity index (χ0n) is 11.1. The van der Waals surface area contributed by atoms with Crippen LogP contribution in [0, 0.1) is 5.82 Å². The Hall–Kier alpha value is -2.82. The van der Waals surface area contributed by atoms with Gasteiger partial charge in [0.05, 0.1) is 23.3 Å². The van der Waals surface area contributed by atoms with Crippen LogP contribution in [0.2, 0.25) is 0 Å². The number of hydrogen-bond donors (Lipinski definition) is 0. The zero-order valence-corrected chi connectivity index (χ0v) is 11.1. The average molecular weight is 278 g/mol. The molecule has 21 heavy (non-hydrogen) atoms. The number of pyridine rings is 1. The molecule has 0 aliphatic carbocycles. The van der Waals surface area contributed by atoms with E-state index in [9.17, 15) is 4.39 Å². The number of para-hydroxylation sites is 1. The van der Waals surface area contributed by atoms with Gasteiger partial charge in [0, 0.05) is 11.5 Å². The van der Waals surface area contributed by atoms with Crippen molar-refractivity contribution in [2.24, 2.45) is 0 Å². The van der Waals surface area contributed by atoms with Gasteiger partial charge in [-0.25, -0.2) is 9.07 Å². The van der Waals surface area contributed by atoms with Crippen molar-refractivity contribution in [3.8, 4) is 0 Å². The summed E-state index contributed by atoms with van der Waals surface area (Å²) >= 11 is 0. The van der Waals surface area contributed by atoms with Gasteiger partial charge >= 0.3 is 0 Å². The van der Waals surface area contributed by atoms with Crippen molar-refractivity contribution in [2.45, 2.75) is 6.54 Å². The molecule has 5 heteroatoms. The maximum atomic E-state index is 13.3. The Morgan fingerprint density at radius 1 is 0.952 bits per heavy atom. The molecule has 0 spiro atoms. The van der Waals surface area contributed by atoms with Crippen molar-refractivity contribution in [2.75, 3.05) is 0 Å². The molecule has 2 aromatic heterocycles. The predicted octanol–water partition coefficient (Wildman–Crippen LogP) is 3.17. The number of halogens is 1. The number of fused-ring (bicyclic) bond motifs is 2. The molecule has 0 N–H and O–H groups in total. The molecule has 0 fully saturated rings. The summed E-state index contributed by atoms with van der Waals surface area (Å²) in [5, 5.41) is 9.18. The van der Waals surface area contributed by atoms with E-state index in [1.165, 1.54) is 12.1 Å². The topological polar surface area (TPSA) is 43.6 Å². The highest BCUT2D eigenvalue weighted by molar-refractivity contribution is 5.78. The minimum Gasteiger partial charge on any atom is -0.251 e. The molecule has 2 aromatic carbocycles. The van der Waals surface area contributed by atoms with Crippen LogP contribution in [0.1, 0.15) is 5.69 Å². The van der Waals surface area contributed by atoms with E-state index >= 15 is 0 Å². The molecule has 0 radical (unpaired) electrons. The highest BCUT2D eigenvalue weighted by Gasteiger charge is 2.06. The van der Waals surface area contributed by atoms with Gasteiger partial charge in [0.2, 0.25) is 0 Å². The third kappa shape index (κ3) is 2.12. The SMILES string of the molecule is Fc1ccc2ccc(Cn3nnc4ccccc43)nc2c1. The highest BCUT2D eigenvalue weighted by Crippen LogP contribution is 2.16. The first-order valence-corrected chi connectivity index (χ1v) is 6.63. The van der Waals surface area contributed by atoms with E-state index in [4.69, 9.17) is 0 Å². The predicted molar refractivity (Wildman–Crippen MR) is 78.3 cm³/mol. The lowest BCUT2D eigenvalue weighted by molar-refractivity contribution is 0.629. The quantitative estimate of drug-likeness (QED) is 0.565. The molecule has 0 atom stereocenters. The van der Waals surface area contributed by atoms with E-state index < -0.39 is 0 Å². The van der Waals surface area contributed by atoms with Crippen LogP contribution >= 0.6 is 0 Å². The zero-order chi connectivity index (χ0) is 14.2. The van der Waals surface area contributed by atoms with Crippen molar-refractivity contribution in [3.63, 3.8) is 0 Å². The van der Waals surface area contributed by atoms with E-state index in [1.807, 2.05) is 36.4 Å². The Morgan fingerprint density at radius 2 is 1.81 bits per heavy atom. The average Bonchev–Trinajstić information content (AvgIpc) is 2.90. The Balaban J connectivity index is 1.76. The molecule has 102 valence electrons. The largest absolute Gasteiger partial charge is 0.251 e. The molecule has 0 aliphatic rings. The minimum atomic E-state index is -0.279. The van der Waals surface area contributed by atoms with E-state index in [2.05, 4.69) is 15.3 Å². The summed E-state index contributed by atoms with van der Waals surface area (Å²) in [5.41, 5.74) is 3.28. The van der Waals surface area contributed by atoms with Gasteiger partial charge in [-0.3, -0.25) is 4.98 Å². The van der Waals surface area contributed by atoms with Gasteiger partial charge in [-0.1, -0.05) is 23.4 Å². The molecule has 0 amide bonds. The highest BCUT2D eigenvalue weighted by atomic mass is 19.1. The molecule has 4 rings (SSSR count). The standard InChI is InChI=1S/C16H11FN4/c17-12-7-5-11-6-8-13(18-15(11)9-12)10-21-16-4-2-1-3-14(16)19-20-21/h1-9H,10H2. The van der Waals surface area contributed by atoms with Gasteiger partial charge in [-0.15, -0.1) is 5.10 Å². The minimum absolute atomic E-state index is 0.279. The first kappa shape index (κ1) is 12.0. The molecule has 0 aliphatic heterocycles. The third-order valence-corrected chi connectivity index (χ3v) is 3.44. The van der Waals surface area contributed by atoms with Gasteiger partial charge in [-0.05, 0) is 30.3 Å². The molecular weight excluding hydrogens is 267 g/mol. The fourth-order valence-electron chi connectivity index (χ4n) is 2.41. The van der Waals surface area contributed by atoms with E-state index in [1.54, 1.807) is 10.7 Å². The Morgan fingerprint density at radius 3 is 2.76 bits per heavy atom. The summed E-state index contributed by atoms with van der Waals surface area (Å²) in [6.07, 6.45) is 0. The summed E-state index contributed by atoms with van der Waals surface area (Å²) in [6.45, 7) is 0.507. The molecule has 2 heterocycles. The van der Waals surface area contributed by atoms with Crippen molar-refractivity contribution < 1.29 is 4.39 Å². The van der Waals surface area contributed by atoms with Gasteiger partial charge in [0.15, 0.2) is 0 Å². The Bertz CT molecular complexity index is 945. The summed E-state index contributed by atoms with van der Waals surface area (Å²) in [4.78, 5) is 4.49. The second-order valence-corrected chi connectivity index (χ2v) is 4.88. The fourth-order valence-corrected chi connectivity index (χ4v) is 2.41. The number of rotatable bonds is 2. The monoisotopic (exact) mass is 278 g/mol. The normalized spacial score (nSPS) is 11.3. The van der Waals surface area contributed by atoms with Gasteiger partial charge in [-0.2, -0.15) is 0 Å². The van der Waals surface area contributed by atoms with E-state index in [-0.39, 0.29) is 5.82 Å². The summed E-state index contributed by atoms with van der Waals surface area (Å²) < 4.78 is 15.1. The first-order chi connectivity index (χ1) is 10.3. The molecule has 4 nitrogen and oxygen atoms in total. The molecule has 0 saturated carbocycles. The van der Waals surface area contributed by atoms with Gasteiger partial charge in [0.1, 0.15) is 11.3 Å². The molecule has 0 saturated heterocycles. The van der Waals surface area contributed by atoms with Crippen LogP contribution in [0.5, 0.6) is 0 Å². The van der Waals surface area contributed by atoms with E-state index in [0.29, 0.717) is 12.1 Å². The first-order valence-electron chi connectivity index (χ1n) is 6.63. The van der Waals surface area contributed by atoms with Gasteiger partial charge in [0.25, 0.3) is 0 Å². The lowest BCUT2D eigenvalue weighted by atomic mass is 10.2. The van der Waals surface area contributed by atoms with E-state index in [0.717, 1.165) is 22.1 Å². The lowest BCUT2D eigenvalue weighted by Gasteiger charge is -2.04. The van der Waals surface area contributed by atoms with Crippen molar-refractivity contribution in [1.82, 2.24) is 20.0 Å². The summed E-state index contributed by atoms with van der Waals surface area (Å²) in [6, 6.07) is 16.2. The van der Waals surface area contributed by atoms with Crippen LogP contribution < -0.4 is 0 Å². The van der Waals surface area contributed by atoms with Crippen LogP contribution in [0.25, 0.3) is 21.9 Å². The van der Waals surface area contributed by atoms with Crippen molar-refractivity contribution in [1.29, 1.82) is 0 Å². The van der Waals surface area contributed by atoms with Crippen LogP contribution in [0.4, 0.5) is 4.39 Å². The van der Waals surface area contributed by atoms with Crippen molar-refractivity contribution >= 4 is 21.9 Å². The maximum absolute atomic E-state index is 13.3. The van der Waals surface area contributed by atoms with Crippen LogP contribution in [-0.4, -0.2) is 20.0 Å². The van der Waals surface area contributed by atoms with Crippen LogP contribution in [-0.2, 0) is 6.54 Å². The number of nitrogens with zero attached hydrogens (tertiary/aromatic N) is 4. The summed E-state index contributed by atoms with van der Waals surface area (Å²) in [5.74, 6) is -0.279. The van der Waals surface area contributed by atoms with Crippen LogP contribution in [0.15, 0.2) is 54.6 Å². The number of hydrogen-bond acceptors (Lipinski definition) is 3. The smallest absolute Gasteiger partial charge is 0.125 e. The Labute approximate surface area is 119 Å². The lowest BCUT2D eigenvalue weighted by Crippen LogP contribution is -2.03. The van der Waals surface area contributed by atoms with Gasteiger partial charge < -0.3 is 0 Å². The maximum Gasteiger partial charge on any atom is 0.125 e. The third-order valence-electron chi connectivity index (χ3n) is 3.44. The second kappa shape index (κ2) is 4.63. The second-order valence-electron chi connectivity index (χ2n) is 4.88. The fraction of sp³-hybridized carbons (Fsp3) is 0.0625. The summed E-state index contributed by atoms with van der Waals surface area (Å²) in [7, 11) is 0. The van der Waals surface area contributed by atoms with Crippen LogP contribution in [0.3, 0.4) is 0 Å².